The van der Waals surface area contributed by atoms with E-state index in [1.54, 1.807) is 28.0 Å². The Morgan fingerprint density at radius 2 is 1.55 bits per heavy atom. The first-order chi connectivity index (χ1) is 31.3. The van der Waals surface area contributed by atoms with E-state index in [1.165, 1.54) is 19.1 Å². The molecule has 0 bridgehead atoms. The zero-order valence-corrected chi connectivity index (χ0v) is 37.7. The van der Waals surface area contributed by atoms with Crippen LogP contribution < -0.4 is 20.7 Å². The van der Waals surface area contributed by atoms with Gasteiger partial charge in [0, 0.05) is 31.5 Å². The number of nitrogens with one attached hydrogen (secondary N) is 4. The summed E-state index contributed by atoms with van der Waals surface area (Å²) in [7, 11) is 4.11. The van der Waals surface area contributed by atoms with Crippen LogP contribution in [-0.4, -0.2) is 119 Å². The van der Waals surface area contributed by atoms with E-state index in [-0.39, 0.29) is 49.6 Å². The molecular formula is C48H57N9O8. The van der Waals surface area contributed by atoms with E-state index in [0.29, 0.717) is 31.2 Å². The molecule has 1 aromatic heterocycles. The van der Waals surface area contributed by atoms with Gasteiger partial charge in [0.25, 0.3) is 0 Å². The maximum Gasteiger partial charge on any atom is 0.407 e. The highest BCUT2D eigenvalue weighted by atomic mass is 16.5. The van der Waals surface area contributed by atoms with E-state index in [0.717, 1.165) is 63.2 Å². The largest absolute Gasteiger partial charge is 0.497 e. The third kappa shape index (κ3) is 10.2. The number of ether oxygens (including phenoxy) is 3. The SMILES string of the molecule is C=C(N/C=C(\C)c1ccc(-c2ccc(-c3cnc(C4CCCN4C(=O)C(NC(=O)OC)C(C)C)[nH]3)cc2)cc1)[C@@H]1CN(C(=O)N2Cc3ccc(OC)cc3C2)CN1C(=O)CNC(=O)OC. The summed E-state index contributed by atoms with van der Waals surface area (Å²) in [6.45, 7) is 11.4. The van der Waals surface area contributed by atoms with Crippen LogP contribution in [0.25, 0.3) is 28.0 Å². The first kappa shape index (κ1) is 45.7. The van der Waals surface area contributed by atoms with Gasteiger partial charge in [0.15, 0.2) is 0 Å². The molecule has 0 aliphatic carbocycles. The van der Waals surface area contributed by atoms with Crippen molar-refractivity contribution in [3.05, 3.63) is 114 Å². The Morgan fingerprint density at radius 3 is 2.23 bits per heavy atom. The predicted octanol–water partition coefficient (Wildman–Crippen LogP) is 6.22. The molecule has 0 spiro atoms. The minimum atomic E-state index is -0.730. The van der Waals surface area contributed by atoms with Gasteiger partial charge in [-0.25, -0.2) is 19.4 Å². The van der Waals surface area contributed by atoms with Gasteiger partial charge in [0.1, 0.15) is 24.2 Å². The summed E-state index contributed by atoms with van der Waals surface area (Å²) in [5, 5.41) is 8.42. The highest BCUT2D eigenvalue weighted by Gasteiger charge is 2.41. The maximum atomic E-state index is 13.8. The van der Waals surface area contributed by atoms with Crippen LogP contribution in [-0.2, 0) is 32.2 Å². The molecule has 342 valence electrons. The lowest BCUT2D eigenvalue weighted by Gasteiger charge is -2.30. The van der Waals surface area contributed by atoms with Crippen LogP contribution in [0.5, 0.6) is 5.75 Å². The Balaban J connectivity index is 0.975. The molecule has 17 nitrogen and oxygen atoms in total. The fourth-order valence-electron chi connectivity index (χ4n) is 8.49. The number of hydrogen-bond donors (Lipinski definition) is 4. The minimum Gasteiger partial charge on any atom is -0.497 e. The lowest BCUT2D eigenvalue weighted by molar-refractivity contribution is -0.135. The van der Waals surface area contributed by atoms with Crippen molar-refractivity contribution in [1.29, 1.82) is 0 Å². The number of urea groups is 1. The molecule has 2 saturated heterocycles. The lowest BCUT2D eigenvalue weighted by Crippen LogP contribution is -2.51. The van der Waals surface area contributed by atoms with E-state index >= 15 is 0 Å². The number of aromatic amines is 1. The number of nitrogens with zero attached hydrogens (tertiary/aromatic N) is 5. The van der Waals surface area contributed by atoms with Gasteiger partial charge < -0.3 is 54.7 Å². The van der Waals surface area contributed by atoms with Crippen molar-refractivity contribution in [2.24, 2.45) is 5.92 Å². The van der Waals surface area contributed by atoms with Crippen LogP contribution in [0, 0.1) is 5.92 Å². The van der Waals surface area contributed by atoms with Crippen molar-refractivity contribution in [1.82, 2.24) is 45.5 Å². The third-order valence-electron chi connectivity index (χ3n) is 12.2. The number of amides is 6. The van der Waals surface area contributed by atoms with Crippen molar-refractivity contribution >= 4 is 35.6 Å². The number of allylic oxidation sites excluding steroid dienone is 1. The van der Waals surface area contributed by atoms with Crippen LogP contribution in [0.2, 0.25) is 0 Å². The van der Waals surface area contributed by atoms with Crippen LogP contribution in [0.4, 0.5) is 14.4 Å². The van der Waals surface area contributed by atoms with Crippen LogP contribution >= 0.6 is 0 Å². The summed E-state index contributed by atoms with van der Waals surface area (Å²) in [6.07, 6.45) is 3.85. The quantitative estimate of drug-likeness (QED) is 0.120. The van der Waals surface area contributed by atoms with E-state index in [4.69, 9.17) is 9.47 Å². The van der Waals surface area contributed by atoms with E-state index in [1.807, 2.05) is 69.4 Å². The number of methoxy groups -OCH3 is 3. The summed E-state index contributed by atoms with van der Waals surface area (Å²) < 4.78 is 14.8. The minimum absolute atomic E-state index is 0.0232. The summed E-state index contributed by atoms with van der Waals surface area (Å²) in [5.41, 5.74) is 8.32. The van der Waals surface area contributed by atoms with Crippen LogP contribution in [0.1, 0.15) is 62.2 Å². The number of rotatable bonds is 13. The van der Waals surface area contributed by atoms with Gasteiger partial charge in [-0.15, -0.1) is 0 Å². The Morgan fingerprint density at radius 1 is 0.877 bits per heavy atom. The molecule has 65 heavy (non-hydrogen) atoms. The van der Waals surface area contributed by atoms with Gasteiger partial charge in [-0.2, -0.15) is 0 Å². The van der Waals surface area contributed by atoms with Gasteiger partial charge in [-0.1, -0.05) is 75.0 Å². The second-order valence-corrected chi connectivity index (χ2v) is 16.7. The molecule has 7 rings (SSSR count). The molecule has 4 aromatic rings. The second-order valence-electron chi connectivity index (χ2n) is 16.7. The number of alkyl carbamates (subject to hydrolysis) is 2. The summed E-state index contributed by atoms with van der Waals surface area (Å²) >= 11 is 0. The topological polar surface area (TPSA) is 191 Å². The molecule has 0 radical (unpaired) electrons. The lowest BCUT2D eigenvalue weighted by atomic mass is 10.00. The molecule has 17 heteroatoms. The monoisotopic (exact) mass is 887 g/mol. The maximum absolute atomic E-state index is 13.8. The first-order valence-corrected chi connectivity index (χ1v) is 21.6. The van der Waals surface area contributed by atoms with Crippen molar-refractivity contribution in [2.75, 3.05) is 47.6 Å². The zero-order valence-electron chi connectivity index (χ0n) is 37.7. The number of likely N-dealkylation sites (tertiary alicyclic amines) is 1. The Labute approximate surface area is 378 Å². The predicted molar refractivity (Wildman–Crippen MR) is 243 cm³/mol. The first-order valence-electron chi connectivity index (χ1n) is 21.6. The summed E-state index contributed by atoms with van der Waals surface area (Å²) in [6, 6.07) is 20.4. The molecule has 0 saturated carbocycles. The number of carbonyl (C=O) groups is 5. The number of hydrogen-bond acceptors (Lipinski definition) is 10. The van der Waals surface area contributed by atoms with E-state index in [2.05, 4.69) is 61.5 Å². The molecule has 2 fully saturated rings. The Hall–Kier alpha value is -7.30. The van der Waals surface area contributed by atoms with Crippen molar-refractivity contribution in [3.8, 4) is 28.1 Å². The standard InChI is InChI=1S/C48H57N9O8/c1-29(2)43(53-47(61)65-7)45(59)56-20-8-9-40(56)44-50-23-39(52-44)35-16-14-34(15-17-35)33-12-10-32(11-13-33)30(3)22-49-31(4)41-27-55(28-57(41)42(58)24-51-46(60)64-6)48(62)54-25-36-18-19-38(63-5)21-37(36)26-54/h10-19,21-23,29,40-41,43,49H,4,8-9,20,24-28H2,1-3,5-7H3,(H,50,52)(H,51,60)(H,53,61)/b30-22+/t40?,41-,43?/m0/s1. The molecule has 2 unspecified atom stereocenters. The number of benzene rings is 3. The van der Waals surface area contributed by atoms with Crippen molar-refractivity contribution < 1.29 is 38.2 Å². The zero-order chi connectivity index (χ0) is 46.4. The normalized spacial score (nSPS) is 17.4. The van der Waals surface area contributed by atoms with Gasteiger partial charge in [-0.05, 0) is 76.8 Å². The fourth-order valence-corrected chi connectivity index (χ4v) is 8.49. The number of H-pyrrole nitrogens is 1. The molecule has 3 aromatic carbocycles. The van der Waals surface area contributed by atoms with E-state index in [9.17, 15) is 24.0 Å². The van der Waals surface area contributed by atoms with Crippen LogP contribution in [0.3, 0.4) is 0 Å². The summed E-state index contributed by atoms with van der Waals surface area (Å²) in [5.74, 6) is 0.770. The Kier molecular flexibility index (Phi) is 14.1. The molecular weight excluding hydrogens is 831 g/mol. The highest BCUT2D eigenvalue weighted by molar-refractivity contribution is 5.87. The van der Waals surface area contributed by atoms with Gasteiger partial charge >= 0.3 is 18.2 Å². The highest BCUT2D eigenvalue weighted by Crippen LogP contribution is 2.34. The molecule has 6 amide bonds. The van der Waals surface area contributed by atoms with Gasteiger partial charge in [0.05, 0.1) is 58.5 Å². The third-order valence-corrected chi connectivity index (χ3v) is 12.2. The van der Waals surface area contributed by atoms with Crippen molar-refractivity contribution in [2.45, 2.75) is 64.8 Å². The van der Waals surface area contributed by atoms with Gasteiger partial charge in [0.2, 0.25) is 11.8 Å². The average Bonchev–Trinajstić information content (AvgIpc) is 4.17. The average molecular weight is 888 g/mol. The van der Waals surface area contributed by atoms with E-state index < -0.39 is 24.3 Å². The summed E-state index contributed by atoms with van der Waals surface area (Å²) in [4.78, 5) is 79.4. The molecule has 4 N–H and O–H groups in total. The molecule has 4 heterocycles. The number of carbonyl (C=O) groups excluding carboxylic acids is 5. The van der Waals surface area contributed by atoms with Gasteiger partial charge in [-0.3, -0.25) is 9.59 Å². The van der Waals surface area contributed by atoms with Crippen molar-refractivity contribution in [3.63, 3.8) is 0 Å². The Bertz CT molecular complexity index is 2450. The smallest absolute Gasteiger partial charge is 0.407 e. The fraction of sp³-hybridized carbons (Fsp3) is 0.375. The number of fused-ring (bicyclic) bond motifs is 1. The molecule has 3 aliphatic heterocycles. The number of imidazole rings is 1. The van der Waals surface area contributed by atoms with Crippen LogP contribution in [0.15, 0.2) is 91.4 Å². The second kappa shape index (κ2) is 20.0. The molecule has 3 atom stereocenters. The molecule has 3 aliphatic rings. The number of aromatic nitrogens is 2.